The number of pyridine rings is 1. The number of anilines is 1. The van der Waals surface area contributed by atoms with E-state index in [2.05, 4.69) is 58.9 Å². The number of thiophene rings is 1. The number of likely N-dealkylation sites (N-methyl/N-ethyl adjacent to an activating group) is 1. The van der Waals surface area contributed by atoms with Crippen molar-refractivity contribution in [3.8, 4) is 0 Å². The van der Waals surface area contributed by atoms with Crippen LogP contribution in [0.4, 0.5) is 5.82 Å². The molecule has 0 atom stereocenters. The molecule has 8 heteroatoms. The molecule has 0 unspecified atom stereocenters. The van der Waals surface area contributed by atoms with Crippen LogP contribution in [0.5, 0.6) is 0 Å². The lowest BCUT2D eigenvalue weighted by molar-refractivity contribution is 0.0955. The summed E-state index contributed by atoms with van der Waals surface area (Å²) in [5.74, 6) is 0.938. The summed E-state index contributed by atoms with van der Waals surface area (Å²) in [5, 5.41) is 2.94. The number of nitrogens with one attached hydrogen (secondary N) is 1. The van der Waals surface area contributed by atoms with Gasteiger partial charge in [0.05, 0.1) is 8.66 Å². The Bertz CT molecular complexity index is 707. The topological polar surface area (TPSA) is 48.5 Å². The Morgan fingerprint density at radius 2 is 2.04 bits per heavy atom. The van der Waals surface area contributed by atoms with E-state index < -0.39 is 0 Å². The highest BCUT2D eigenvalue weighted by Gasteiger charge is 2.16. The van der Waals surface area contributed by atoms with Crippen LogP contribution in [0.25, 0.3) is 0 Å². The van der Waals surface area contributed by atoms with Gasteiger partial charge in [0.2, 0.25) is 0 Å². The minimum absolute atomic E-state index is 0.0730. The molecule has 25 heavy (non-hydrogen) atoms. The first kappa shape index (κ1) is 18.8. The van der Waals surface area contributed by atoms with E-state index in [9.17, 15) is 4.79 Å². The molecule has 3 rings (SSSR count). The van der Waals surface area contributed by atoms with E-state index in [0.29, 0.717) is 11.4 Å². The molecule has 0 radical (unpaired) electrons. The number of nitrogens with zero attached hydrogens (tertiary/aromatic N) is 3. The standard InChI is InChI=1S/C17H20Br2N4OS/c1-2-22-5-7-23(8-6-22)15-4-3-12(10-20-15)11-21-17(24)14-9-13(18)16(19)25-14/h3-4,9-10H,2,5-8,11H2,1H3,(H,21,24). The van der Waals surface area contributed by atoms with E-state index in [1.807, 2.05) is 24.4 Å². The predicted octanol–water partition coefficient (Wildman–Crippen LogP) is 3.74. The van der Waals surface area contributed by atoms with Gasteiger partial charge < -0.3 is 15.1 Å². The Kier molecular flexibility index (Phi) is 6.49. The van der Waals surface area contributed by atoms with E-state index in [0.717, 1.165) is 52.4 Å². The van der Waals surface area contributed by atoms with Gasteiger partial charge in [-0.05, 0) is 56.1 Å². The highest BCUT2D eigenvalue weighted by Crippen LogP contribution is 2.32. The van der Waals surface area contributed by atoms with Crippen molar-refractivity contribution in [1.29, 1.82) is 0 Å². The number of halogens is 2. The summed E-state index contributed by atoms with van der Waals surface area (Å²) in [5.41, 5.74) is 0.999. The second-order valence-electron chi connectivity index (χ2n) is 5.86. The van der Waals surface area contributed by atoms with Gasteiger partial charge in [0.1, 0.15) is 5.82 Å². The number of amides is 1. The molecule has 1 aliphatic rings. The molecule has 1 N–H and O–H groups in total. The third-order valence-electron chi connectivity index (χ3n) is 4.27. The predicted molar refractivity (Wildman–Crippen MR) is 109 cm³/mol. The average molecular weight is 488 g/mol. The molecule has 0 bridgehead atoms. The number of rotatable bonds is 5. The van der Waals surface area contributed by atoms with Gasteiger partial charge in [0.25, 0.3) is 5.91 Å². The highest BCUT2D eigenvalue weighted by molar-refractivity contribution is 9.13. The Labute approximate surface area is 168 Å². The van der Waals surface area contributed by atoms with Gasteiger partial charge in [-0.15, -0.1) is 11.3 Å². The fraction of sp³-hybridized carbons (Fsp3) is 0.412. The van der Waals surface area contributed by atoms with Crippen molar-refractivity contribution in [2.24, 2.45) is 0 Å². The molecule has 0 aliphatic carbocycles. The lowest BCUT2D eigenvalue weighted by atomic mass is 10.2. The van der Waals surface area contributed by atoms with Gasteiger partial charge in [0.15, 0.2) is 0 Å². The average Bonchev–Trinajstić information content (AvgIpc) is 2.99. The summed E-state index contributed by atoms with van der Waals surface area (Å²) >= 11 is 8.22. The first-order chi connectivity index (χ1) is 12.1. The molecule has 0 saturated carbocycles. The molecule has 0 spiro atoms. The van der Waals surface area contributed by atoms with Gasteiger partial charge in [0, 0.05) is 43.4 Å². The largest absolute Gasteiger partial charge is 0.354 e. The molecular weight excluding hydrogens is 468 g/mol. The minimum Gasteiger partial charge on any atom is -0.354 e. The zero-order valence-corrected chi connectivity index (χ0v) is 18.0. The van der Waals surface area contributed by atoms with E-state index in [-0.39, 0.29) is 5.91 Å². The molecule has 0 aromatic carbocycles. The molecule has 1 fully saturated rings. The number of aromatic nitrogens is 1. The normalized spacial score (nSPS) is 15.4. The Morgan fingerprint density at radius 1 is 1.28 bits per heavy atom. The number of hydrogen-bond donors (Lipinski definition) is 1. The van der Waals surface area contributed by atoms with Gasteiger partial charge in [-0.2, -0.15) is 0 Å². The first-order valence-corrected chi connectivity index (χ1v) is 10.6. The van der Waals surface area contributed by atoms with E-state index in [1.54, 1.807) is 0 Å². The maximum Gasteiger partial charge on any atom is 0.261 e. The maximum absolute atomic E-state index is 12.2. The number of piperazine rings is 1. The summed E-state index contributed by atoms with van der Waals surface area (Å²) in [6, 6.07) is 5.90. The van der Waals surface area contributed by atoms with Crippen molar-refractivity contribution in [3.05, 3.63) is 43.1 Å². The van der Waals surface area contributed by atoms with Gasteiger partial charge >= 0.3 is 0 Å². The summed E-state index contributed by atoms with van der Waals surface area (Å²) in [7, 11) is 0. The third kappa shape index (κ3) is 4.81. The summed E-state index contributed by atoms with van der Waals surface area (Å²) < 4.78 is 1.82. The lowest BCUT2D eigenvalue weighted by Crippen LogP contribution is -2.46. The van der Waals surface area contributed by atoms with Gasteiger partial charge in [-0.1, -0.05) is 13.0 Å². The molecule has 134 valence electrons. The van der Waals surface area contributed by atoms with Gasteiger partial charge in [-0.25, -0.2) is 4.98 Å². The zero-order valence-electron chi connectivity index (χ0n) is 14.0. The second-order valence-corrected chi connectivity index (χ2v) is 9.09. The molecule has 2 aromatic rings. The molecule has 3 heterocycles. The van der Waals surface area contributed by atoms with Crippen molar-refractivity contribution in [1.82, 2.24) is 15.2 Å². The Balaban J connectivity index is 1.53. The van der Waals surface area contributed by atoms with Crippen molar-refractivity contribution in [2.45, 2.75) is 13.5 Å². The zero-order chi connectivity index (χ0) is 17.8. The van der Waals surface area contributed by atoms with Crippen LogP contribution >= 0.6 is 43.2 Å². The van der Waals surface area contributed by atoms with Crippen molar-refractivity contribution in [2.75, 3.05) is 37.6 Å². The first-order valence-electron chi connectivity index (χ1n) is 8.22. The number of carbonyl (C=O) groups excluding carboxylic acids is 1. The van der Waals surface area contributed by atoms with E-state index >= 15 is 0 Å². The van der Waals surface area contributed by atoms with Crippen LogP contribution in [0.1, 0.15) is 22.2 Å². The third-order valence-corrected chi connectivity index (χ3v) is 7.53. The molecule has 1 amide bonds. The maximum atomic E-state index is 12.2. The van der Waals surface area contributed by atoms with Crippen LogP contribution in [0.15, 0.2) is 32.7 Å². The number of carbonyl (C=O) groups is 1. The van der Waals surface area contributed by atoms with E-state index in [1.165, 1.54) is 11.3 Å². The van der Waals surface area contributed by atoms with Gasteiger partial charge in [-0.3, -0.25) is 4.79 Å². The fourth-order valence-corrected chi connectivity index (χ4v) is 4.68. The lowest BCUT2D eigenvalue weighted by Gasteiger charge is -2.34. The van der Waals surface area contributed by atoms with Crippen LogP contribution in [0.3, 0.4) is 0 Å². The van der Waals surface area contributed by atoms with Crippen LogP contribution < -0.4 is 10.2 Å². The van der Waals surface area contributed by atoms with Crippen LogP contribution in [-0.4, -0.2) is 48.5 Å². The van der Waals surface area contributed by atoms with Crippen LogP contribution in [0, 0.1) is 0 Å². The second kappa shape index (κ2) is 8.62. The van der Waals surface area contributed by atoms with Crippen molar-refractivity contribution < 1.29 is 4.79 Å². The molecule has 1 aliphatic heterocycles. The van der Waals surface area contributed by atoms with Crippen molar-refractivity contribution in [3.63, 3.8) is 0 Å². The SMILES string of the molecule is CCN1CCN(c2ccc(CNC(=O)c3cc(Br)c(Br)s3)cn2)CC1. The minimum atomic E-state index is -0.0730. The summed E-state index contributed by atoms with van der Waals surface area (Å²) in [6.07, 6.45) is 1.85. The molecule has 1 saturated heterocycles. The smallest absolute Gasteiger partial charge is 0.261 e. The molecule has 2 aromatic heterocycles. The highest BCUT2D eigenvalue weighted by atomic mass is 79.9. The molecular formula is C17H20Br2N4OS. The van der Waals surface area contributed by atoms with Crippen molar-refractivity contribution >= 4 is 54.9 Å². The van der Waals surface area contributed by atoms with E-state index in [4.69, 9.17) is 0 Å². The Morgan fingerprint density at radius 3 is 2.60 bits per heavy atom. The summed E-state index contributed by atoms with van der Waals surface area (Å²) in [4.78, 5) is 22.2. The quantitative estimate of drug-likeness (QED) is 0.697. The molecule has 5 nitrogen and oxygen atoms in total. The summed E-state index contributed by atoms with van der Waals surface area (Å²) in [6.45, 7) is 7.98. The van der Waals surface area contributed by atoms with Crippen LogP contribution in [0.2, 0.25) is 0 Å². The Hall–Kier alpha value is -0.960. The fourth-order valence-electron chi connectivity index (χ4n) is 2.73. The van der Waals surface area contributed by atoms with Crippen LogP contribution in [-0.2, 0) is 6.54 Å². The number of hydrogen-bond acceptors (Lipinski definition) is 5. The monoisotopic (exact) mass is 486 g/mol.